The number of alkyl halides is 6. The van der Waals surface area contributed by atoms with E-state index in [-0.39, 0.29) is 54.0 Å². The number of rotatable bonds is 5. The first-order valence-corrected chi connectivity index (χ1v) is 12.4. The van der Waals surface area contributed by atoms with Gasteiger partial charge in [0, 0.05) is 31.6 Å². The Hall–Kier alpha value is -2.01. The van der Waals surface area contributed by atoms with Gasteiger partial charge in [-0.05, 0) is 43.4 Å². The van der Waals surface area contributed by atoms with Crippen molar-refractivity contribution in [1.29, 1.82) is 0 Å². The number of ether oxygens (including phenoxy) is 1. The second kappa shape index (κ2) is 11.2. The summed E-state index contributed by atoms with van der Waals surface area (Å²) in [6.07, 6.45) is -4.45. The van der Waals surface area contributed by atoms with Gasteiger partial charge < -0.3 is 25.2 Å². The molecule has 1 saturated carbocycles. The number of allylic oxidation sites excluding steroid dienone is 1. The molecule has 0 aromatic carbocycles. The summed E-state index contributed by atoms with van der Waals surface area (Å²) in [5, 5.41) is 4.80. The van der Waals surface area contributed by atoms with Crippen molar-refractivity contribution in [2.75, 3.05) is 39.3 Å². The second-order valence-corrected chi connectivity index (χ2v) is 9.97. The van der Waals surface area contributed by atoms with E-state index in [0.29, 0.717) is 45.4 Å². The van der Waals surface area contributed by atoms with Crippen molar-refractivity contribution in [3.8, 4) is 0 Å². The van der Waals surface area contributed by atoms with Gasteiger partial charge in [0.25, 0.3) is 0 Å². The largest absolute Gasteiger partial charge is 0.405 e. The topological polar surface area (TPSA) is 73.9 Å². The summed E-state index contributed by atoms with van der Waals surface area (Å²) in [7, 11) is 2.72. The lowest BCUT2D eigenvalue weighted by Gasteiger charge is -2.60. The number of halogens is 6. The standard InChI is InChI=1S/C21H28F6N4O3.CH3P/c22-20(23,24)6-14(7-28-10-21(25,26)27)3-13-4-19(5-13)11-31(12-19)18(33)30-2-1-16-15(8-30)29-17(32)9-34-16;1-2/h7,13,15-16,28H,1-6,8-12H2,(H,29,32);2H,1H2/b14-7-;/t15-,16+;/m1./s1. The predicted octanol–water partition coefficient (Wildman–Crippen LogP) is 3.35. The molecule has 4 rings (SSSR count). The van der Waals surface area contributed by atoms with Crippen LogP contribution >= 0.6 is 8.86 Å². The summed E-state index contributed by atoms with van der Waals surface area (Å²) < 4.78 is 80.9. The van der Waals surface area contributed by atoms with Gasteiger partial charge in [-0.3, -0.25) is 4.79 Å². The van der Waals surface area contributed by atoms with Crippen LogP contribution in [-0.4, -0.2) is 91.9 Å². The van der Waals surface area contributed by atoms with Crippen LogP contribution in [0.1, 0.15) is 32.1 Å². The van der Waals surface area contributed by atoms with Crippen LogP contribution in [0.25, 0.3) is 0 Å². The van der Waals surface area contributed by atoms with Crippen molar-refractivity contribution in [2.24, 2.45) is 11.3 Å². The third kappa shape index (κ3) is 7.50. The van der Waals surface area contributed by atoms with Crippen molar-refractivity contribution in [3.05, 3.63) is 11.8 Å². The normalized spacial score (nSPS) is 26.2. The van der Waals surface area contributed by atoms with Gasteiger partial charge in [0.1, 0.15) is 13.2 Å². The maximum atomic E-state index is 12.8. The van der Waals surface area contributed by atoms with Gasteiger partial charge in [-0.15, -0.1) is 8.86 Å². The molecule has 4 aliphatic rings. The quantitative estimate of drug-likeness (QED) is 0.412. The van der Waals surface area contributed by atoms with Gasteiger partial charge >= 0.3 is 18.4 Å². The Bertz CT molecular complexity index is 839. The fourth-order valence-corrected chi connectivity index (χ4v) is 5.66. The molecule has 3 amide bonds. The molecule has 0 aromatic rings. The first-order chi connectivity index (χ1) is 16.8. The van der Waals surface area contributed by atoms with E-state index in [1.165, 1.54) is 0 Å². The Kier molecular flexibility index (Phi) is 8.86. The van der Waals surface area contributed by atoms with Crippen molar-refractivity contribution in [2.45, 2.75) is 56.6 Å². The van der Waals surface area contributed by atoms with Crippen LogP contribution in [0.5, 0.6) is 0 Å². The van der Waals surface area contributed by atoms with Crippen LogP contribution in [-0.2, 0) is 9.53 Å². The van der Waals surface area contributed by atoms with Crippen molar-refractivity contribution >= 4 is 27.1 Å². The monoisotopic (exact) mass is 544 g/mol. The molecule has 3 heterocycles. The second-order valence-electron chi connectivity index (χ2n) is 9.97. The van der Waals surface area contributed by atoms with E-state index in [2.05, 4.69) is 20.5 Å². The lowest BCUT2D eigenvalue weighted by Crippen LogP contribution is -2.68. The van der Waals surface area contributed by atoms with Crippen molar-refractivity contribution < 1.29 is 40.7 Å². The molecule has 0 unspecified atom stereocenters. The van der Waals surface area contributed by atoms with Crippen LogP contribution in [0.3, 0.4) is 0 Å². The van der Waals surface area contributed by atoms with E-state index >= 15 is 0 Å². The molecule has 1 spiro atoms. The Morgan fingerprint density at radius 3 is 2.44 bits per heavy atom. The van der Waals surface area contributed by atoms with E-state index in [1.807, 2.05) is 5.32 Å². The SMILES string of the molecule is C=P.O=C1CO[C@H]2CCN(C(=O)N3CC4(CC(C/C(=C/NCC(F)(F)F)CC(F)(F)F)C4)C3)C[C@H]2N1. The van der Waals surface area contributed by atoms with Gasteiger partial charge in [0.15, 0.2) is 0 Å². The maximum Gasteiger partial charge on any atom is 0.405 e. The molecule has 14 heteroatoms. The molecule has 0 radical (unpaired) electrons. The Labute approximate surface area is 207 Å². The average molecular weight is 544 g/mol. The molecule has 3 aliphatic heterocycles. The highest BCUT2D eigenvalue weighted by molar-refractivity contribution is 7.15. The number of morpholine rings is 1. The van der Waals surface area contributed by atoms with E-state index in [0.717, 1.165) is 6.20 Å². The van der Waals surface area contributed by atoms with Crippen LogP contribution in [0.2, 0.25) is 0 Å². The molecular formula is C22H31F6N4O3P. The third-order valence-electron chi connectivity index (χ3n) is 6.95. The molecule has 36 heavy (non-hydrogen) atoms. The van der Waals surface area contributed by atoms with E-state index in [4.69, 9.17) is 4.74 Å². The zero-order chi connectivity index (χ0) is 26.7. The number of piperidine rings is 1. The molecule has 2 atom stereocenters. The molecule has 1 aliphatic carbocycles. The maximum absolute atomic E-state index is 12.8. The molecule has 4 fully saturated rings. The molecule has 0 aromatic heterocycles. The minimum absolute atomic E-state index is 0.0309. The Morgan fingerprint density at radius 2 is 1.83 bits per heavy atom. The lowest BCUT2D eigenvalue weighted by atomic mass is 9.56. The highest BCUT2D eigenvalue weighted by Crippen LogP contribution is 2.54. The van der Waals surface area contributed by atoms with E-state index in [1.54, 1.807) is 9.80 Å². The summed E-state index contributed by atoms with van der Waals surface area (Å²) in [6, 6.07) is -0.353. The Balaban J connectivity index is 0.00000176. The highest BCUT2D eigenvalue weighted by Gasteiger charge is 2.54. The molecule has 7 nitrogen and oxygen atoms in total. The molecule has 2 N–H and O–H groups in total. The van der Waals surface area contributed by atoms with Crippen LogP contribution in [0, 0.1) is 11.3 Å². The number of carbonyl (C=O) groups is 2. The summed E-state index contributed by atoms with van der Waals surface area (Å²) >= 11 is 0. The minimum atomic E-state index is -4.51. The molecule has 3 saturated heterocycles. The van der Waals surface area contributed by atoms with Crippen molar-refractivity contribution in [1.82, 2.24) is 20.4 Å². The number of amides is 3. The zero-order valence-electron chi connectivity index (χ0n) is 19.7. The van der Waals surface area contributed by atoms with Crippen LogP contribution < -0.4 is 10.6 Å². The van der Waals surface area contributed by atoms with Gasteiger partial charge in [0.05, 0.1) is 18.6 Å². The summed E-state index contributed by atoms with van der Waals surface area (Å²) in [5.74, 6) is -0.254. The highest BCUT2D eigenvalue weighted by atomic mass is 31.0. The summed E-state index contributed by atoms with van der Waals surface area (Å²) in [6.45, 7) is 0.578. The van der Waals surface area contributed by atoms with Crippen LogP contribution in [0.4, 0.5) is 31.1 Å². The minimum Gasteiger partial charge on any atom is -0.382 e. The van der Waals surface area contributed by atoms with Crippen molar-refractivity contribution in [3.63, 3.8) is 0 Å². The third-order valence-corrected chi connectivity index (χ3v) is 6.95. The molecule has 204 valence electrons. The number of hydrogen-bond donors (Lipinski definition) is 2. The lowest BCUT2D eigenvalue weighted by molar-refractivity contribution is -0.140. The smallest absolute Gasteiger partial charge is 0.382 e. The summed E-state index contributed by atoms with van der Waals surface area (Å²) in [5.41, 5.74) is -0.215. The first kappa shape index (κ1) is 28.6. The van der Waals surface area contributed by atoms with Gasteiger partial charge in [-0.1, -0.05) is 6.30 Å². The zero-order valence-corrected chi connectivity index (χ0v) is 20.7. The number of nitrogens with zero attached hydrogens (tertiary/aromatic N) is 2. The fraction of sp³-hybridized carbons (Fsp3) is 0.773. The van der Waals surface area contributed by atoms with Gasteiger partial charge in [0.2, 0.25) is 5.91 Å². The average Bonchev–Trinajstić information content (AvgIpc) is 2.72. The Morgan fingerprint density at radius 1 is 1.17 bits per heavy atom. The fourth-order valence-electron chi connectivity index (χ4n) is 5.66. The van der Waals surface area contributed by atoms with Gasteiger partial charge in [-0.2, -0.15) is 26.3 Å². The predicted molar refractivity (Wildman–Crippen MR) is 123 cm³/mol. The number of likely N-dealkylation sites (tertiary alicyclic amines) is 2. The number of carbonyl (C=O) groups excluding carboxylic acids is 2. The summed E-state index contributed by atoms with van der Waals surface area (Å²) in [4.78, 5) is 27.8. The molecule has 0 bridgehead atoms. The van der Waals surface area contributed by atoms with E-state index < -0.39 is 25.3 Å². The number of hydrogen-bond acceptors (Lipinski definition) is 4. The number of nitrogens with one attached hydrogen (secondary N) is 2. The molecular weight excluding hydrogens is 513 g/mol. The van der Waals surface area contributed by atoms with Gasteiger partial charge in [-0.25, -0.2) is 4.79 Å². The number of urea groups is 1. The first-order valence-electron chi connectivity index (χ1n) is 11.7. The van der Waals surface area contributed by atoms with E-state index in [9.17, 15) is 35.9 Å². The van der Waals surface area contributed by atoms with Crippen LogP contribution in [0.15, 0.2) is 11.8 Å². The number of fused-ring (bicyclic) bond motifs is 1.